The fourth-order valence-corrected chi connectivity index (χ4v) is 3.94. The molecule has 0 aromatic rings. The van der Waals surface area contributed by atoms with E-state index >= 15 is 0 Å². The average Bonchev–Trinajstić information content (AvgIpc) is 2.71. The first-order valence-electron chi connectivity index (χ1n) is 11.2. The van der Waals surface area contributed by atoms with Gasteiger partial charge >= 0.3 is 0 Å². The number of piperidine rings is 1. The lowest BCUT2D eigenvalue weighted by Crippen LogP contribution is -2.39. The summed E-state index contributed by atoms with van der Waals surface area (Å²) in [6, 6.07) is 0. The summed E-state index contributed by atoms with van der Waals surface area (Å²) in [6.07, 6.45) is 10.6. The van der Waals surface area contributed by atoms with Crippen molar-refractivity contribution in [1.82, 2.24) is 15.5 Å². The zero-order valence-corrected chi connectivity index (χ0v) is 17.7. The number of hydrogen-bond donors (Lipinski definition) is 2. The summed E-state index contributed by atoms with van der Waals surface area (Å²) < 4.78 is 11.2. The van der Waals surface area contributed by atoms with Crippen LogP contribution < -0.4 is 10.6 Å². The lowest BCUT2D eigenvalue weighted by molar-refractivity contribution is 0.0277. The monoisotopic (exact) mass is 382 g/mol. The largest absolute Gasteiger partial charge is 0.383 e. The van der Waals surface area contributed by atoms with Gasteiger partial charge < -0.3 is 25.0 Å². The lowest BCUT2D eigenvalue weighted by Gasteiger charge is -2.31. The summed E-state index contributed by atoms with van der Waals surface area (Å²) in [7, 11) is 1.78. The Morgan fingerprint density at radius 3 is 2.52 bits per heavy atom. The topological polar surface area (TPSA) is 58.1 Å². The van der Waals surface area contributed by atoms with Crippen molar-refractivity contribution in [3.05, 3.63) is 0 Å². The summed E-state index contributed by atoms with van der Waals surface area (Å²) in [5.74, 6) is 1.66. The molecule has 1 heterocycles. The molecule has 6 heteroatoms. The van der Waals surface area contributed by atoms with E-state index in [1.54, 1.807) is 7.11 Å². The van der Waals surface area contributed by atoms with Crippen molar-refractivity contribution in [2.24, 2.45) is 10.9 Å². The smallest absolute Gasteiger partial charge is 0.191 e. The summed E-state index contributed by atoms with van der Waals surface area (Å²) in [5, 5.41) is 6.84. The highest BCUT2D eigenvalue weighted by Gasteiger charge is 2.18. The second-order valence-corrected chi connectivity index (χ2v) is 7.91. The fraction of sp³-hybridized carbons (Fsp3) is 0.952. The van der Waals surface area contributed by atoms with E-state index in [-0.39, 0.29) is 0 Å². The molecule has 0 radical (unpaired) electrons. The average molecular weight is 383 g/mol. The fourth-order valence-electron chi connectivity index (χ4n) is 3.94. The van der Waals surface area contributed by atoms with E-state index < -0.39 is 0 Å². The number of guanidine groups is 1. The number of aliphatic imine (C=N–C) groups is 1. The maximum Gasteiger partial charge on any atom is 0.191 e. The molecular weight excluding hydrogens is 340 g/mol. The first kappa shape index (κ1) is 22.4. The van der Waals surface area contributed by atoms with Gasteiger partial charge in [-0.2, -0.15) is 0 Å². The molecule has 0 amide bonds. The van der Waals surface area contributed by atoms with E-state index in [9.17, 15) is 0 Å². The Kier molecular flexibility index (Phi) is 11.8. The van der Waals surface area contributed by atoms with Crippen LogP contribution in [0.4, 0.5) is 0 Å². The Bertz CT molecular complexity index is 392. The van der Waals surface area contributed by atoms with Crippen molar-refractivity contribution in [2.45, 2.75) is 64.4 Å². The Balaban J connectivity index is 1.58. The molecule has 1 aliphatic heterocycles. The van der Waals surface area contributed by atoms with Crippen molar-refractivity contribution in [3.63, 3.8) is 0 Å². The van der Waals surface area contributed by atoms with Crippen LogP contribution in [0.15, 0.2) is 4.99 Å². The third-order valence-corrected chi connectivity index (χ3v) is 5.69. The highest BCUT2D eigenvalue weighted by atomic mass is 16.5. The quantitative estimate of drug-likeness (QED) is 0.327. The molecule has 0 unspecified atom stereocenters. The summed E-state index contributed by atoms with van der Waals surface area (Å²) in [4.78, 5) is 7.32. The Morgan fingerprint density at radius 1 is 1.04 bits per heavy atom. The molecular formula is C21H42N4O2. The van der Waals surface area contributed by atoms with Gasteiger partial charge in [0.25, 0.3) is 0 Å². The Hall–Kier alpha value is -0.850. The molecule has 0 atom stereocenters. The van der Waals surface area contributed by atoms with Crippen molar-refractivity contribution >= 4 is 5.96 Å². The van der Waals surface area contributed by atoms with Gasteiger partial charge in [-0.3, -0.25) is 4.99 Å². The number of nitrogens with zero attached hydrogens (tertiary/aromatic N) is 2. The van der Waals surface area contributed by atoms with Crippen LogP contribution in [-0.4, -0.2) is 76.6 Å². The predicted molar refractivity (Wildman–Crippen MR) is 112 cm³/mol. The molecule has 2 fully saturated rings. The SMILES string of the molecule is CCNC(=NCC1CCN(CCOC)CC1)NCCCOC1CCCCC1. The molecule has 1 aliphatic carbocycles. The summed E-state index contributed by atoms with van der Waals surface area (Å²) >= 11 is 0. The van der Waals surface area contributed by atoms with Crippen LogP contribution >= 0.6 is 0 Å². The van der Waals surface area contributed by atoms with Crippen LogP contribution in [0.1, 0.15) is 58.3 Å². The maximum absolute atomic E-state index is 6.00. The van der Waals surface area contributed by atoms with E-state index in [2.05, 4.69) is 22.5 Å². The van der Waals surface area contributed by atoms with Crippen LogP contribution in [0.2, 0.25) is 0 Å². The van der Waals surface area contributed by atoms with Crippen LogP contribution in [0.5, 0.6) is 0 Å². The zero-order valence-electron chi connectivity index (χ0n) is 17.7. The normalized spacial score (nSPS) is 20.7. The van der Waals surface area contributed by atoms with E-state index in [1.807, 2.05) is 0 Å². The molecule has 2 N–H and O–H groups in total. The second kappa shape index (κ2) is 14.2. The molecule has 2 aliphatic rings. The Morgan fingerprint density at radius 2 is 1.81 bits per heavy atom. The van der Waals surface area contributed by atoms with Gasteiger partial charge in [0.05, 0.1) is 12.7 Å². The molecule has 6 nitrogen and oxygen atoms in total. The molecule has 0 spiro atoms. The third kappa shape index (κ3) is 9.77. The minimum atomic E-state index is 0.510. The molecule has 1 saturated carbocycles. The highest BCUT2D eigenvalue weighted by Crippen LogP contribution is 2.20. The molecule has 158 valence electrons. The maximum atomic E-state index is 6.00. The van der Waals surface area contributed by atoms with E-state index in [0.29, 0.717) is 12.0 Å². The van der Waals surface area contributed by atoms with Gasteiger partial charge in [-0.15, -0.1) is 0 Å². The third-order valence-electron chi connectivity index (χ3n) is 5.69. The van der Waals surface area contributed by atoms with E-state index in [0.717, 1.165) is 51.8 Å². The first-order valence-corrected chi connectivity index (χ1v) is 11.2. The number of nitrogens with one attached hydrogen (secondary N) is 2. The minimum absolute atomic E-state index is 0.510. The zero-order chi connectivity index (χ0) is 19.2. The van der Waals surface area contributed by atoms with Crippen molar-refractivity contribution < 1.29 is 9.47 Å². The molecule has 2 rings (SSSR count). The number of methoxy groups -OCH3 is 1. The van der Waals surface area contributed by atoms with Crippen LogP contribution in [-0.2, 0) is 9.47 Å². The van der Waals surface area contributed by atoms with E-state index in [1.165, 1.54) is 58.0 Å². The summed E-state index contributed by atoms with van der Waals surface area (Å²) in [5.41, 5.74) is 0. The van der Waals surface area contributed by atoms with Crippen LogP contribution in [0, 0.1) is 5.92 Å². The van der Waals surface area contributed by atoms with Crippen molar-refractivity contribution in [3.8, 4) is 0 Å². The van der Waals surface area contributed by atoms with Gasteiger partial charge in [0.15, 0.2) is 5.96 Å². The van der Waals surface area contributed by atoms with Crippen LogP contribution in [0.3, 0.4) is 0 Å². The van der Waals surface area contributed by atoms with E-state index in [4.69, 9.17) is 14.5 Å². The number of likely N-dealkylation sites (tertiary alicyclic amines) is 1. The lowest BCUT2D eigenvalue weighted by atomic mass is 9.97. The van der Waals surface area contributed by atoms with Gasteiger partial charge in [0.1, 0.15) is 0 Å². The molecule has 0 bridgehead atoms. The molecule has 0 aromatic carbocycles. The number of rotatable bonds is 11. The number of hydrogen-bond acceptors (Lipinski definition) is 4. The molecule has 27 heavy (non-hydrogen) atoms. The summed E-state index contributed by atoms with van der Waals surface area (Å²) in [6.45, 7) is 9.97. The van der Waals surface area contributed by atoms with Gasteiger partial charge in [0.2, 0.25) is 0 Å². The predicted octanol–water partition coefficient (Wildman–Crippen LogP) is 2.64. The Labute approximate surface area is 166 Å². The van der Waals surface area contributed by atoms with Crippen molar-refractivity contribution in [2.75, 3.05) is 59.6 Å². The van der Waals surface area contributed by atoms with Gasteiger partial charge in [0, 0.05) is 39.9 Å². The van der Waals surface area contributed by atoms with Gasteiger partial charge in [-0.1, -0.05) is 19.3 Å². The first-order chi connectivity index (χ1) is 13.3. The van der Waals surface area contributed by atoms with Gasteiger partial charge in [-0.05, 0) is 58.0 Å². The molecule has 0 aromatic heterocycles. The minimum Gasteiger partial charge on any atom is -0.383 e. The molecule has 1 saturated heterocycles. The van der Waals surface area contributed by atoms with Crippen LogP contribution in [0.25, 0.3) is 0 Å². The van der Waals surface area contributed by atoms with Gasteiger partial charge in [-0.25, -0.2) is 0 Å². The standard InChI is InChI=1S/C21H42N4O2/c1-3-22-21(23-12-7-16-27-20-8-5-4-6-9-20)24-18-19-10-13-25(14-11-19)15-17-26-2/h19-20H,3-18H2,1-2H3,(H2,22,23,24). The number of ether oxygens (including phenoxy) is 2. The second-order valence-electron chi connectivity index (χ2n) is 7.91. The highest BCUT2D eigenvalue weighted by molar-refractivity contribution is 5.79. The van der Waals surface area contributed by atoms with Crippen molar-refractivity contribution in [1.29, 1.82) is 0 Å².